The molecule has 0 bridgehead atoms. The van der Waals surface area contributed by atoms with E-state index in [9.17, 15) is 29.1 Å². The van der Waals surface area contributed by atoms with Gasteiger partial charge >= 0.3 is 11.9 Å². The lowest BCUT2D eigenvalue weighted by molar-refractivity contribution is -0.309. The number of aliphatic hydroxyl groups excluding tert-OH is 1. The number of carbonyl (C=O) groups is 5. The standard InChI is InChI=1S/C41H74N2O10/c1-7-9-11-13-15-17-19-21-23-25-33(51-31(3)45)27-37(48)42-35(29-44)39(40-36(47)30-50-41(5,6)53-40)43-38(49)28-34(52-32(4)46)26-24-22-20-18-16-14-12-10-8-2/h29,33-36,39-40,47H,7-28,30H2,1-6H3,(H,42,48)(H,43,49)/t33-,34-,35+,36-,39-,40-/m1/s1. The Labute approximate surface area is 319 Å². The molecule has 2 amide bonds. The molecule has 1 heterocycles. The summed E-state index contributed by atoms with van der Waals surface area (Å²) in [5, 5.41) is 16.4. The number of hydrogen-bond donors (Lipinski definition) is 3. The molecule has 6 atom stereocenters. The van der Waals surface area contributed by atoms with Crippen LogP contribution in [0.3, 0.4) is 0 Å². The molecular weight excluding hydrogens is 680 g/mol. The van der Waals surface area contributed by atoms with Gasteiger partial charge in [0, 0.05) is 13.8 Å². The Morgan fingerprint density at radius 1 is 0.698 bits per heavy atom. The molecule has 12 nitrogen and oxygen atoms in total. The third-order valence-electron chi connectivity index (χ3n) is 9.69. The quantitative estimate of drug-likeness (QED) is 0.0376. The van der Waals surface area contributed by atoms with Gasteiger partial charge in [-0.3, -0.25) is 19.2 Å². The van der Waals surface area contributed by atoms with E-state index in [-0.39, 0.29) is 19.4 Å². The van der Waals surface area contributed by atoms with Gasteiger partial charge in [-0.15, -0.1) is 0 Å². The molecule has 1 saturated heterocycles. The van der Waals surface area contributed by atoms with Gasteiger partial charge in [-0.1, -0.05) is 117 Å². The molecule has 0 aliphatic carbocycles. The summed E-state index contributed by atoms with van der Waals surface area (Å²) in [7, 11) is 0. The van der Waals surface area contributed by atoms with E-state index in [0.29, 0.717) is 19.1 Å². The predicted octanol–water partition coefficient (Wildman–Crippen LogP) is 7.15. The van der Waals surface area contributed by atoms with Crippen LogP contribution in [0.2, 0.25) is 0 Å². The van der Waals surface area contributed by atoms with Crippen molar-refractivity contribution in [2.24, 2.45) is 0 Å². The highest BCUT2D eigenvalue weighted by Crippen LogP contribution is 2.26. The third-order valence-corrected chi connectivity index (χ3v) is 9.69. The molecule has 0 aromatic carbocycles. The maximum atomic E-state index is 13.5. The van der Waals surface area contributed by atoms with Crippen LogP contribution in [0, 0.1) is 0 Å². The van der Waals surface area contributed by atoms with E-state index >= 15 is 0 Å². The number of aldehydes is 1. The van der Waals surface area contributed by atoms with Crippen LogP contribution in [0.5, 0.6) is 0 Å². The topological polar surface area (TPSA) is 167 Å². The maximum absolute atomic E-state index is 13.5. The second-order valence-corrected chi connectivity index (χ2v) is 15.3. The highest BCUT2D eigenvalue weighted by molar-refractivity contribution is 5.82. The first kappa shape index (κ1) is 48.4. The SMILES string of the molecule is CCCCCCCCCCC[C@H](CC(=O)N[C@@H]([C@@H]1OC(C)(C)OC[C@H]1O)[C@H](C=O)NC(=O)C[C@@H](CCCCCCCCCCC)OC(C)=O)OC(C)=O. The van der Waals surface area contributed by atoms with E-state index in [1.54, 1.807) is 13.8 Å². The van der Waals surface area contributed by atoms with Crippen LogP contribution in [0.25, 0.3) is 0 Å². The highest BCUT2D eigenvalue weighted by Gasteiger charge is 2.44. The van der Waals surface area contributed by atoms with E-state index < -0.39 is 66.0 Å². The molecule has 1 aliphatic rings. The van der Waals surface area contributed by atoms with Crippen molar-refractivity contribution >= 4 is 30.0 Å². The van der Waals surface area contributed by atoms with Crippen molar-refractivity contribution in [3.05, 3.63) is 0 Å². The molecule has 0 aromatic heterocycles. The summed E-state index contributed by atoms with van der Waals surface area (Å²) < 4.78 is 22.5. The molecule has 53 heavy (non-hydrogen) atoms. The lowest BCUT2D eigenvalue weighted by atomic mass is 9.96. The smallest absolute Gasteiger partial charge is 0.302 e. The van der Waals surface area contributed by atoms with Crippen LogP contribution in [-0.4, -0.2) is 84.0 Å². The number of rotatable bonds is 31. The highest BCUT2D eigenvalue weighted by atomic mass is 16.7. The number of amides is 2. The number of carbonyl (C=O) groups excluding carboxylic acids is 5. The second kappa shape index (κ2) is 28.8. The van der Waals surface area contributed by atoms with Crippen LogP contribution in [0.4, 0.5) is 0 Å². The fraction of sp³-hybridized carbons (Fsp3) is 0.878. The van der Waals surface area contributed by atoms with Gasteiger partial charge in [0.05, 0.1) is 25.5 Å². The zero-order valence-electron chi connectivity index (χ0n) is 33.9. The normalized spacial score (nSPS) is 19.0. The van der Waals surface area contributed by atoms with Crippen molar-refractivity contribution in [2.75, 3.05) is 6.61 Å². The molecule has 0 radical (unpaired) electrons. The predicted molar refractivity (Wildman–Crippen MR) is 205 cm³/mol. The number of hydrogen-bond acceptors (Lipinski definition) is 10. The molecule has 0 spiro atoms. The summed E-state index contributed by atoms with van der Waals surface area (Å²) in [5.41, 5.74) is 0. The van der Waals surface area contributed by atoms with Crippen LogP contribution in [-0.2, 0) is 42.9 Å². The third kappa shape index (κ3) is 23.7. The average molecular weight is 755 g/mol. The lowest BCUT2D eigenvalue weighted by Crippen LogP contribution is -2.65. The lowest BCUT2D eigenvalue weighted by Gasteiger charge is -2.43. The van der Waals surface area contributed by atoms with E-state index in [2.05, 4.69) is 24.5 Å². The molecule has 0 unspecified atom stereocenters. The Morgan fingerprint density at radius 3 is 1.49 bits per heavy atom. The number of unbranched alkanes of at least 4 members (excludes halogenated alkanes) is 16. The van der Waals surface area contributed by atoms with Crippen molar-refractivity contribution in [1.29, 1.82) is 0 Å². The molecule has 1 fully saturated rings. The van der Waals surface area contributed by atoms with Gasteiger partial charge in [-0.2, -0.15) is 0 Å². The van der Waals surface area contributed by atoms with Crippen LogP contribution < -0.4 is 10.6 Å². The van der Waals surface area contributed by atoms with Crippen LogP contribution in [0.15, 0.2) is 0 Å². The molecule has 308 valence electrons. The Bertz CT molecular complexity index is 1040. The van der Waals surface area contributed by atoms with Crippen LogP contribution >= 0.6 is 0 Å². The summed E-state index contributed by atoms with van der Waals surface area (Å²) in [6.45, 7) is 10.2. The first-order valence-electron chi connectivity index (χ1n) is 20.7. The summed E-state index contributed by atoms with van der Waals surface area (Å²) >= 11 is 0. The summed E-state index contributed by atoms with van der Waals surface area (Å²) in [6.07, 6.45) is 17.8. The number of nitrogens with one attached hydrogen (secondary N) is 2. The summed E-state index contributed by atoms with van der Waals surface area (Å²) in [6, 6.07) is -2.48. The molecule has 0 saturated carbocycles. The van der Waals surface area contributed by atoms with Gasteiger partial charge in [-0.25, -0.2) is 0 Å². The number of ether oxygens (including phenoxy) is 4. The van der Waals surface area contributed by atoms with Gasteiger partial charge in [0.2, 0.25) is 11.8 Å². The first-order valence-corrected chi connectivity index (χ1v) is 20.7. The van der Waals surface area contributed by atoms with Gasteiger partial charge in [0.1, 0.15) is 36.7 Å². The fourth-order valence-electron chi connectivity index (χ4n) is 6.86. The molecule has 1 rings (SSSR count). The largest absolute Gasteiger partial charge is 0.462 e. The van der Waals surface area contributed by atoms with Gasteiger partial charge < -0.3 is 39.5 Å². The zero-order chi connectivity index (χ0) is 39.5. The van der Waals surface area contributed by atoms with E-state index in [4.69, 9.17) is 18.9 Å². The molecule has 1 aliphatic heterocycles. The average Bonchev–Trinajstić information content (AvgIpc) is 3.08. The van der Waals surface area contributed by atoms with Crippen LogP contribution in [0.1, 0.15) is 183 Å². The zero-order valence-corrected chi connectivity index (χ0v) is 33.9. The van der Waals surface area contributed by atoms with Gasteiger partial charge in [0.25, 0.3) is 0 Å². The molecule has 0 aromatic rings. The van der Waals surface area contributed by atoms with Crippen molar-refractivity contribution in [1.82, 2.24) is 10.6 Å². The van der Waals surface area contributed by atoms with E-state index in [0.717, 1.165) is 51.4 Å². The minimum Gasteiger partial charge on any atom is -0.462 e. The Hall–Kier alpha value is -2.57. The molecule has 12 heteroatoms. The molecule has 3 N–H and O–H groups in total. The Morgan fingerprint density at radius 2 is 1.09 bits per heavy atom. The number of aliphatic hydroxyl groups is 1. The Kier molecular flexibility index (Phi) is 26.3. The van der Waals surface area contributed by atoms with E-state index in [1.807, 2.05) is 0 Å². The van der Waals surface area contributed by atoms with Crippen molar-refractivity contribution < 1.29 is 48.0 Å². The molecular formula is C41H74N2O10. The summed E-state index contributed by atoms with van der Waals surface area (Å²) in [5.74, 6) is -3.21. The fourth-order valence-corrected chi connectivity index (χ4v) is 6.86. The minimum atomic E-state index is -1.30. The number of esters is 2. The van der Waals surface area contributed by atoms with Crippen molar-refractivity contribution in [3.63, 3.8) is 0 Å². The van der Waals surface area contributed by atoms with Gasteiger partial charge in [-0.05, 0) is 39.5 Å². The maximum Gasteiger partial charge on any atom is 0.302 e. The first-order chi connectivity index (χ1) is 25.3. The Balaban J connectivity index is 2.92. The van der Waals surface area contributed by atoms with Crippen molar-refractivity contribution in [3.8, 4) is 0 Å². The van der Waals surface area contributed by atoms with Crippen molar-refractivity contribution in [2.45, 2.75) is 225 Å². The van der Waals surface area contributed by atoms with E-state index in [1.165, 1.54) is 78.1 Å². The summed E-state index contributed by atoms with van der Waals surface area (Å²) in [4.78, 5) is 63.2. The second-order valence-electron chi connectivity index (χ2n) is 15.3. The minimum absolute atomic E-state index is 0.120. The monoisotopic (exact) mass is 755 g/mol. The van der Waals surface area contributed by atoms with Gasteiger partial charge in [0.15, 0.2) is 5.79 Å².